The van der Waals surface area contributed by atoms with Crippen LogP contribution in [0.5, 0.6) is 5.75 Å². The Labute approximate surface area is 141 Å². The summed E-state index contributed by atoms with van der Waals surface area (Å²) in [4.78, 5) is 14.7. The number of nitrogens with zero attached hydrogens (tertiary/aromatic N) is 1. The first-order valence-electron chi connectivity index (χ1n) is 7.89. The van der Waals surface area contributed by atoms with Crippen molar-refractivity contribution in [3.63, 3.8) is 0 Å². The number of amides is 1. The summed E-state index contributed by atoms with van der Waals surface area (Å²) in [5.74, 6) is 1.02. The molecule has 23 heavy (non-hydrogen) atoms. The third-order valence-corrected chi connectivity index (χ3v) is 4.50. The van der Waals surface area contributed by atoms with Gasteiger partial charge in [-0.05, 0) is 54.3 Å². The van der Waals surface area contributed by atoms with Crippen LogP contribution in [0.2, 0.25) is 5.22 Å². The van der Waals surface area contributed by atoms with Crippen molar-refractivity contribution in [3.8, 4) is 5.75 Å². The molecule has 2 aromatic rings. The van der Waals surface area contributed by atoms with E-state index in [1.807, 2.05) is 29.2 Å². The normalized spacial score (nSPS) is 18.5. The monoisotopic (exact) mass is 333 g/mol. The summed E-state index contributed by atoms with van der Waals surface area (Å²) in [6.07, 6.45) is 4.20. The van der Waals surface area contributed by atoms with E-state index in [-0.39, 0.29) is 17.2 Å². The summed E-state index contributed by atoms with van der Waals surface area (Å²) >= 11 is 5.81. The number of rotatable bonds is 3. The SMILES string of the molecule is COc1ccc([C@@H]2CCCCCN2C(=O)c2ccc(Cl)o2)cc1. The quantitative estimate of drug-likeness (QED) is 0.817. The topological polar surface area (TPSA) is 42.7 Å². The molecule has 1 aliphatic rings. The van der Waals surface area contributed by atoms with Crippen molar-refractivity contribution < 1.29 is 13.9 Å². The Kier molecular flexibility index (Phi) is 4.91. The molecule has 0 aliphatic carbocycles. The van der Waals surface area contributed by atoms with E-state index < -0.39 is 0 Å². The number of methoxy groups -OCH3 is 1. The molecule has 3 rings (SSSR count). The summed E-state index contributed by atoms with van der Waals surface area (Å²) < 4.78 is 10.5. The minimum absolute atomic E-state index is 0.0554. The van der Waals surface area contributed by atoms with Crippen LogP contribution in [0.25, 0.3) is 0 Å². The van der Waals surface area contributed by atoms with E-state index >= 15 is 0 Å². The first-order valence-corrected chi connectivity index (χ1v) is 8.27. The number of carbonyl (C=O) groups excluding carboxylic acids is 1. The standard InChI is InChI=1S/C18H20ClNO3/c1-22-14-8-6-13(7-9-14)15-5-3-2-4-12-20(15)18(21)16-10-11-17(19)23-16/h6-11,15H,2-5,12H2,1H3/t15-/m0/s1. The van der Waals surface area contributed by atoms with Gasteiger partial charge in [0.2, 0.25) is 0 Å². The lowest BCUT2D eigenvalue weighted by Gasteiger charge is -2.30. The molecule has 1 amide bonds. The molecule has 0 saturated carbocycles. The fourth-order valence-corrected chi connectivity index (χ4v) is 3.24. The zero-order valence-corrected chi connectivity index (χ0v) is 13.9. The molecule has 122 valence electrons. The van der Waals surface area contributed by atoms with Gasteiger partial charge >= 0.3 is 0 Å². The van der Waals surface area contributed by atoms with Gasteiger partial charge in [0.1, 0.15) is 5.75 Å². The molecule has 2 heterocycles. The molecule has 5 heteroatoms. The van der Waals surface area contributed by atoms with Crippen molar-refractivity contribution in [2.24, 2.45) is 0 Å². The summed E-state index contributed by atoms with van der Waals surface area (Å²) in [6, 6.07) is 11.2. The van der Waals surface area contributed by atoms with Crippen molar-refractivity contribution >= 4 is 17.5 Å². The third-order valence-electron chi connectivity index (χ3n) is 4.30. The second kappa shape index (κ2) is 7.09. The van der Waals surface area contributed by atoms with Gasteiger partial charge in [-0.25, -0.2) is 0 Å². The number of likely N-dealkylation sites (tertiary alicyclic amines) is 1. The van der Waals surface area contributed by atoms with Crippen LogP contribution in [0.15, 0.2) is 40.8 Å². The third kappa shape index (κ3) is 3.53. The van der Waals surface area contributed by atoms with Gasteiger partial charge in [0.05, 0.1) is 13.2 Å². The van der Waals surface area contributed by atoms with Gasteiger partial charge in [-0.3, -0.25) is 4.79 Å². The molecule has 0 radical (unpaired) electrons. The first-order chi connectivity index (χ1) is 11.2. The molecular formula is C18H20ClNO3. The van der Waals surface area contributed by atoms with Crippen LogP contribution < -0.4 is 4.74 Å². The van der Waals surface area contributed by atoms with Crippen molar-refractivity contribution in [3.05, 3.63) is 52.9 Å². The van der Waals surface area contributed by atoms with Crippen molar-refractivity contribution in [2.45, 2.75) is 31.7 Å². The Morgan fingerprint density at radius 1 is 1.17 bits per heavy atom. The van der Waals surface area contributed by atoms with Gasteiger partial charge < -0.3 is 14.1 Å². The molecule has 1 aliphatic heterocycles. The second-order valence-electron chi connectivity index (χ2n) is 5.74. The lowest BCUT2D eigenvalue weighted by atomic mass is 10.0. The molecule has 1 aromatic heterocycles. The minimum atomic E-state index is -0.0976. The molecule has 1 saturated heterocycles. The smallest absolute Gasteiger partial charge is 0.290 e. The number of hydrogen-bond acceptors (Lipinski definition) is 3. The lowest BCUT2D eigenvalue weighted by molar-refractivity contribution is 0.0648. The minimum Gasteiger partial charge on any atom is -0.497 e. The highest BCUT2D eigenvalue weighted by Crippen LogP contribution is 2.32. The Bertz CT molecular complexity index is 665. The van der Waals surface area contributed by atoms with Gasteiger partial charge in [-0.1, -0.05) is 25.0 Å². The molecule has 0 bridgehead atoms. The molecule has 0 unspecified atom stereocenters. The maximum Gasteiger partial charge on any atom is 0.290 e. The zero-order valence-electron chi connectivity index (χ0n) is 13.1. The summed E-state index contributed by atoms with van der Waals surface area (Å²) in [5.41, 5.74) is 1.12. The Balaban J connectivity index is 1.88. The second-order valence-corrected chi connectivity index (χ2v) is 6.11. The average Bonchev–Trinajstić information content (AvgIpc) is 2.87. The van der Waals surface area contributed by atoms with E-state index in [1.165, 1.54) is 0 Å². The fourth-order valence-electron chi connectivity index (χ4n) is 3.09. The molecule has 1 fully saturated rings. The largest absolute Gasteiger partial charge is 0.497 e. The highest BCUT2D eigenvalue weighted by Gasteiger charge is 2.29. The van der Waals surface area contributed by atoms with E-state index in [0.717, 1.165) is 43.5 Å². The van der Waals surface area contributed by atoms with Crippen LogP contribution in [-0.2, 0) is 0 Å². The highest BCUT2D eigenvalue weighted by molar-refractivity contribution is 6.29. The van der Waals surface area contributed by atoms with Crippen LogP contribution in [0.1, 0.15) is 47.8 Å². The predicted molar refractivity (Wildman–Crippen MR) is 89.0 cm³/mol. The van der Waals surface area contributed by atoms with Gasteiger partial charge in [0.15, 0.2) is 11.0 Å². The van der Waals surface area contributed by atoms with Gasteiger partial charge in [0, 0.05) is 6.54 Å². The van der Waals surface area contributed by atoms with E-state index in [0.29, 0.717) is 5.76 Å². The number of furan rings is 1. The van der Waals surface area contributed by atoms with E-state index in [9.17, 15) is 4.79 Å². The molecule has 0 N–H and O–H groups in total. The number of benzene rings is 1. The summed E-state index contributed by atoms with van der Waals surface area (Å²) in [6.45, 7) is 0.730. The van der Waals surface area contributed by atoms with Crippen molar-refractivity contribution in [1.29, 1.82) is 0 Å². The molecule has 1 aromatic carbocycles. The van der Waals surface area contributed by atoms with Gasteiger partial charge in [-0.2, -0.15) is 0 Å². The average molecular weight is 334 g/mol. The van der Waals surface area contributed by atoms with Crippen LogP contribution >= 0.6 is 11.6 Å². The fraction of sp³-hybridized carbons (Fsp3) is 0.389. The van der Waals surface area contributed by atoms with Gasteiger partial charge in [0.25, 0.3) is 5.91 Å². The van der Waals surface area contributed by atoms with Crippen LogP contribution in [0.4, 0.5) is 0 Å². The molecule has 1 atom stereocenters. The van der Waals surface area contributed by atoms with Gasteiger partial charge in [-0.15, -0.1) is 0 Å². The molecular weight excluding hydrogens is 314 g/mol. The Hall–Kier alpha value is -1.94. The summed E-state index contributed by atoms with van der Waals surface area (Å²) in [7, 11) is 1.65. The lowest BCUT2D eigenvalue weighted by Crippen LogP contribution is -2.34. The van der Waals surface area contributed by atoms with E-state index in [1.54, 1.807) is 19.2 Å². The Morgan fingerprint density at radius 2 is 1.96 bits per heavy atom. The molecule has 4 nitrogen and oxygen atoms in total. The molecule has 0 spiro atoms. The zero-order chi connectivity index (χ0) is 16.2. The highest BCUT2D eigenvalue weighted by atomic mass is 35.5. The maximum atomic E-state index is 12.8. The first kappa shape index (κ1) is 15.9. The maximum absolute atomic E-state index is 12.8. The number of halogens is 1. The van der Waals surface area contributed by atoms with Crippen LogP contribution in [0, 0.1) is 0 Å². The van der Waals surface area contributed by atoms with Crippen molar-refractivity contribution in [2.75, 3.05) is 13.7 Å². The summed E-state index contributed by atoms with van der Waals surface area (Å²) in [5, 5.41) is 0.240. The van der Waals surface area contributed by atoms with Crippen LogP contribution in [-0.4, -0.2) is 24.5 Å². The predicted octanol–water partition coefficient (Wildman–Crippen LogP) is 4.70. The number of ether oxygens (including phenoxy) is 1. The number of hydrogen-bond donors (Lipinski definition) is 0. The van der Waals surface area contributed by atoms with E-state index in [4.69, 9.17) is 20.8 Å². The van der Waals surface area contributed by atoms with Crippen molar-refractivity contribution in [1.82, 2.24) is 4.90 Å². The van der Waals surface area contributed by atoms with E-state index in [2.05, 4.69) is 0 Å². The Morgan fingerprint density at radius 3 is 2.61 bits per heavy atom. The van der Waals surface area contributed by atoms with Crippen LogP contribution in [0.3, 0.4) is 0 Å². The number of carbonyl (C=O) groups is 1.